The molecule has 4 aliphatic rings. The Labute approximate surface area is 174 Å². The molecule has 2 N–H and O–H groups in total. The van der Waals surface area contributed by atoms with Crippen LogP contribution in [-0.2, 0) is 23.8 Å². The molecule has 2 saturated heterocycles. The molecule has 2 saturated carbocycles. The lowest BCUT2D eigenvalue weighted by Crippen LogP contribution is -2.74. The number of aliphatic hydroxyl groups excluding tert-OH is 2. The minimum absolute atomic E-state index is 0.0334. The fraction of sp³-hybridized carbons (Fsp3) is 0.727. The van der Waals surface area contributed by atoms with Crippen LogP contribution in [0.2, 0.25) is 0 Å². The van der Waals surface area contributed by atoms with Crippen LogP contribution in [0.15, 0.2) is 23.0 Å². The van der Waals surface area contributed by atoms with Crippen molar-refractivity contribution in [2.75, 3.05) is 13.2 Å². The number of carbonyl (C=O) groups excluding carboxylic acids is 2. The Morgan fingerprint density at radius 3 is 2.77 bits per heavy atom. The summed E-state index contributed by atoms with van der Waals surface area (Å²) in [6, 6.07) is 1.69. The fourth-order valence-corrected chi connectivity index (χ4v) is 6.93. The number of rotatable bonds is 4. The van der Waals surface area contributed by atoms with Crippen molar-refractivity contribution >= 4 is 11.9 Å². The van der Waals surface area contributed by atoms with Gasteiger partial charge in [0.1, 0.15) is 18.3 Å². The number of carbonyl (C=O) groups is 2. The molecular formula is C22H28O8. The van der Waals surface area contributed by atoms with E-state index in [0.29, 0.717) is 31.4 Å². The highest BCUT2D eigenvalue weighted by Gasteiger charge is 2.81. The summed E-state index contributed by atoms with van der Waals surface area (Å²) in [5.74, 6) is -1.16. The molecule has 8 heteroatoms. The van der Waals surface area contributed by atoms with E-state index in [9.17, 15) is 19.8 Å². The maximum atomic E-state index is 13.3. The fourth-order valence-electron chi connectivity index (χ4n) is 6.93. The lowest BCUT2D eigenvalue weighted by atomic mass is 9.41. The van der Waals surface area contributed by atoms with E-state index in [0.717, 1.165) is 0 Å². The van der Waals surface area contributed by atoms with Crippen molar-refractivity contribution in [3.63, 3.8) is 0 Å². The van der Waals surface area contributed by atoms with Crippen LogP contribution in [0.1, 0.15) is 51.2 Å². The summed E-state index contributed by atoms with van der Waals surface area (Å²) in [6.07, 6.45) is 2.53. The first-order valence-electron chi connectivity index (χ1n) is 10.6. The first kappa shape index (κ1) is 20.0. The number of esters is 2. The van der Waals surface area contributed by atoms with Crippen LogP contribution in [0.25, 0.3) is 0 Å². The zero-order valence-electron chi connectivity index (χ0n) is 17.2. The third-order valence-electron chi connectivity index (χ3n) is 8.36. The molecule has 8 atom stereocenters. The molecule has 3 heterocycles. The molecule has 1 aromatic rings. The number of hydrogen-bond acceptors (Lipinski definition) is 8. The lowest BCUT2D eigenvalue weighted by molar-refractivity contribution is -0.277. The van der Waals surface area contributed by atoms with Crippen LogP contribution in [0.3, 0.4) is 0 Å². The van der Waals surface area contributed by atoms with Gasteiger partial charge in [0.25, 0.3) is 0 Å². The van der Waals surface area contributed by atoms with Crippen molar-refractivity contribution in [2.45, 2.75) is 63.4 Å². The molecule has 5 rings (SSSR count). The minimum Gasteiger partial charge on any atom is -0.472 e. The molecule has 0 aromatic carbocycles. The van der Waals surface area contributed by atoms with E-state index in [1.165, 1.54) is 19.5 Å². The number of epoxide rings is 1. The molecule has 1 spiro atoms. The topological polar surface area (TPSA) is 119 Å². The number of hydrogen-bond donors (Lipinski definition) is 2. The minimum atomic E-state index is -0.964. The van der Waals surface area contributed by atoms with Gasteiger partial charge in [-0.15, -0.1) is 0 Å². The van der Waals surface area contributed by atoms with E-state index in [2.05, 4.69) is 0 Å². The van der Waals surface area contributed by atoms with Gasteiger partial charge in [-0.1, -0.05) is 6.92 Å². The smallest absolute Gasteiger partial charge is 0.312 e. The largest absolute Gasteiger partial charge is 0.472 e. The summed E-state index contributed by atoms with van der Waals surface area (Å²) in [4.78, 5) is 25.0. The molecule has 2 bridgehead atoms. The quantitative estimate of drug-likeness (QED) is 0.559. The average molecular weight is 420 g/mol. The summed E-state index contributed by atoms with van der Waals surface area (Å²) in [5, 5.41) is 22.3. The SMILES string of the molecule is CC(=O)O[C@H]1CC[C@@H]2[C@]3(C[C@@H](O)c4ccoc4)C(=O)OC[C@]2([C@H](O)C[C@H]3C)[C@@]12CO2. The monoisotopic (exact) mass is 420 g/mol. The van der Waals surface area contributed by atoms with Gasteiger partial charge in [-0.25, -0.2) is 0 Å². The average Bonchev–Trinajstić information content (AvgIpc) is 3.29. The second kappa shape index (κ2) is 6.55. The molecule has 0 radical (unpaired) electrons. The second-order valence-corrected chi connectivity index (χ2v) is 9.49. The van der Waals surface area contributed by atoms with Crippen LogP contribution < -0.4 is 0 Å². The summed E-state index contributed by atoms with van der Waals surface area (Å²) in [7, 11) is 0. The first-order valence-corrected chi connectivity index (χ1v) is 10.6. The predicted molar refractivity (Wildman–Crippen MR) is 101 cm³/mol. The molecule has 164 valence electrons. The molecule has 2 aliphatic heterocycles. The third-order valence-corrected chi connectivity index (χ3v) is 8.36. The van der Waals surface area contributed by atoms with Crippen molar-refractivity contribution in [3.8, 4) is 0 Å². The normalized spacial score (nSPS) is 45.4. The Morgan fingerprint density at radius 1 is 1.37 bits per heavy atom. The van der Waals surface area contributed by atoms with Crippen LogP contribution >= 0.6 is 0 Å². The van der Waals surface area contributed by atoms with E-state index in [4.69, 9.17) is 18.6 Å². The van der Waals surface area contributed by atoms with E-state index in [1.807, 2.05) is 6.92 Å². The Kier molecular flexibility index (Phi) is 4.37. The van der Waals surface area contributed by atoms with E-state index in [1.54, 1.807) is 6.07 Å². The second-order valence-electron chi connectivity index (χ2n) is 9.49. The molecule has 0 unspecified atom stereocenters. The van der Waals surface area contributed by atoms with E-state index in [-0.39, 0.29) is 30.8 Å². The van der Waals surface area contributed by atoms with Gasteiger partial charge in [-0.2, -0.15) is 0 Å². The van der Waals surface area contributed by atoms with Gasteiger partial charge in [0.2, 0.25) is 0 Å². The van der Waals surface area contributed by atoms with Gasteiger partial charge in [0.15, 0.2) is 0 Å². The maximum absolute atomic E-state index is 13.3. The third kappa shape index (κ3) is 2.38. The van der Waals surface area contributed by atoms with Crippen LogP contribution in [0.5, 0.6) is 0 Å². The zero-order chi connectivity index (χ0) is 21.3. The van der Waals surface area contributed by atoms with Gasteiger partial charge in [-0.3, -0.25) is 9.59 Å². The number of ether oxygens (including phenoxy) is 3. The molecule has 30 heavy (non-hydrogen) atoms. The number of aliphatic hydroxyl groups is 2. The van der Waals surface area contributed by atoms with Gasteiger partial charge in [0.05, 0.1) is 42.2 Å². The molecule has 8 nitrogen and oxygen atoms in total. The highest BCUT2D eigenvalue weighted by atomic mass is 16.6. The molecule has 1 aromatic heterocycles. The van der Waals surface area contributed by atoms with Crippen molar-refractivity contribution in [1.82, 2.24) is 0 Å². The molecular weight excluding hydrogens is 392 g/mol. The predicted octanol–water partition coefficient (Wildman–Crippen LogP) is 1.74. The lowest BCUT2D eigenvalue weighted by Gasteiger charge is -2.65. The van der Waals surface area contributed by atoms with E-state index >= 15 is 0 Å². The summed E-state index contributed by atoms with van der Waals surface area (Å²) < 4.78 is 22.4. The van der Waals surface area contributed by atoms with Gasteiger partial charge in [-0.05, 0) is 43.6 Å². The zero-order valence-corrected chi connectivity index (χ0v) is 17.2. The highest BCUT2D eigenvalue weighted by Crippen LogP contribution is 2.71. The van der Waals surface area contributed by atoms with Gasteiger partial charge in [0, 0.05) is 12.5 Å². The highest BCUT2D eigenvalue weighted by molar-refractivity contribution is 5.80. The van der Waals surface area contributed by atoms with Crippen molar-refractivity contribution in [3.05, 3.63) is 24.2 Å². The Bertz CT molecular complexity index is 845. The van der Waals surface area contributed by atoms with Gasteiger partial charge >= 0.3 is 11.9 Å². The standard InChI is InChI=1S/C22H28O8/c1-12-7-17(25)21-10-28-19(26)20(12,8-15(24)14-5-6-27-9-14)16(21)3-4-18(30-13(2)23)22(21)11-29-22/h5-6,9,12,15-18,24-25H,3-4,7-8,10-11H2,1-2H3/t12-,15-,16-,17-,18+,20-,21+,22-/m1/s1. The van der Waals surface area contributed by atoms with Crippen molar-refractivity contribution in [1.29, 1.82) is 0 Å². The van der Waals surface area contributed by atoms with Crippen molar-refractivity contribution < 1.29 is 38.4 Å². The van der Waals surface area contributed by atoms with Crippen LogP contribution in [0, 0.1) is 22.7 Å². The van der Waals surface area contributed by atoms with Gasteiger partial charge < -0.3 is 28.8 Å². The number of furan rings is 1. The van der Waals surface area contributed by atoms with Crippen LogP contribution in [0.4, 0.5) is 0 Å². The summed E-state index contributed by atoms with van der Waals surface area (Å²) >= 11 is 0. The van der Waals surface area contributed by atoms with E-state index < -0.39 is 40.7 Å². The Hall–Kier alpha value is -1.90. The van der Waals surface area contributed by atoms with Crippen molar-refractivity contribution in [2.24, 2.45) is 22.7 Å². The summed E-state index contributed by atoms with van der Waals surface area (Å²) in [6.45, 7) is 3.70. The molecule has 4 fully saturated rings. The maximum Gasteiger partial charge on any atom is 0.312 e. The summed E-state index contributed by atoms with van der Waals surface area (Å²) in [5.41, 5.74) is -2.07. The Morgan fingerprint density at radius 2 is 2.13 bits per heavy atom. The first-order chi connectivity index (χ1) is 14.3. The molecule has 0 amide bonds. The number of cyclic esters (lactones) is 1. The van der Waals surface area contributed by atoms with Crippen LogP contribution in [-0.4, -0.2) is 53.2 Å². The Balaban J connectivity index is 1.58. The molecule has 2 aliphatic carbocycles.